The van der Waals surface area contributed by atoms with E-state index in [1.54, 1.807) is 6.20 Å². The van der Waals surface area contributed by atoms with Gasteiger partial charge >= 0.3 is 0 Å². The van der Waals surface area contributed by atoms with Crippen molar-refractivity contribution < 1.29 is 4.42 Å². The lowest BCUT2D eigenvalue weighted by Gasteiger charge is -2.13. The summed E-state index contributed by atoms with van der Waals surface area (Å²) in [6.45, 7) is 4.09. The molecule has 0 unspecified atom stereocenters. The van der Waals surface area contributed by atoms with Crippen LogP contribution in [0.5, 0.6) is 0 Å². The van der Waals surface area contributed by atoms with Crippen LogP contribution < -0.4 is 0 Å². The monoisotopic (exact) mass is 426 g/mol. The van der Waals surface area contributed by atoms with Gasteiger partial charge in [0.05, 0.1) is 29.3 Å². The van der Waals surface area contributed by atoms with Gasteiger partial charge in [0.25, 0.3) is 0 Å². The van der Waals surface area contributed by atoms with Gasteiger partial charge in [-0.15, -0.1) is 0 Å². The summed E-state index contributed by atoms with van der Waals surface area (Å²) in [6, 6.07) is 13.8. The topological polar surface area (TPSA) is 56.2 Å². The fourth-order valence-corrected chi connectivity index (χ4v) is 4.09. The van der Waals surface area contributed by atoms with Gasteiger partial charge in [0.15, 0.2) is 12.2 Å². The van der Waals surface area contributed by atoms with Crippen LogP contribution in [0.3, 0.4) is 0 Å². The lowest BCUT2D eigenvalue weighted by Crippen LogP contribution is -2.08. The van der Waals surface area contributed by atoms with Crippen molar-refractivity contribution >= 4 is 17.3 Å². The Hall–Kier alpha value is -3.62. The Balaban J connectivity index is 1.80. The molecular weight excluding hydrogens is 408 g/mol. The van der Waals surface area contributed by atoms with Crippen molar-refractivity contribution in [1.29, 1.82) is 0 Å². The molecule has 5 rings (SSSR count). The van der Waals surface area contributed by atoms with Crippen molar-refractivity contribution in [1.82, 2.24) is 14.5 Å². The predicted octanol–water partition coefficient (Wildman–Crippen LogP) is 5.85. The van der Waals surface area contributed by atoms with Crippen molar-refractivity contribution in [3.05, 3.63) is 88.8 Å². The molecule has 1 aliphatic heterocycles. The number of aliphatic imine (C=N–C) groups is 1. The molecule has 0 saturated heterocycles. The van der Waals surface area contributed by atoms with E-state index in [0.29, 0.717) is 10.8 Å². The second-order valence-electron chi connectivity index (χ2n) is 7.23. The third-order valence-electron chi connectivity index (χ3n) is 5.24. The van der Waals surface area contributed by atoms with Crippen molar-refractivity contribution in [2.75, 3.05) is 0 Å². The number of benzene rings is 2. The van der Waals surface area contributed by atoms with Gasteiger partial charge in [-0.25, -0.2) is 9.97 Å². The van der Waals surface area contributed by atoms with Crippen LogP contribution >= 0.6 is 11.6 Å². The van der Waals surface area contributed by atoms with Crippen LogP contribution in [0.2, 0.25) is 5.02 Å². The van der Waals surface area contributed by atoms with Gasteiger partial charge in [0, 0.05) is 28.1 Å². The lowest BCUT2D eigenvalue weighted by atomic mass is 9.98. The van der Waals surface area contributed by atoms with E-state index in [1.807, 2.05) is 50.5 Å². The largest absolute Gasteiger partial charge is 0.442 e. The number of imidazole rings is 1. The van der Waals surface area contributed by atoms with Crippen LogP contribution in [0.25, 0.3) is 17.1 Å². The minimum Gasteiger partial charge on any atom is -0.442 e. The van der Waals surface area contributed by atoms with Crippen LogP contribution in [-0.2, 0) is 0 Å². The second-order valence-corrected chi connectivity index (χ2v) is 7.64. The molecule has 0 aliphatic carbocycles. The first-order valence-corrected chi connectivity index (χ1v) is 10.5. The molecule has 4 aromatic rings. The fraction of sp³-hybridized carbons (Fsp3) is 0.160. The number of hydrogen-bond acceptors (Lipinski definition) is 4. The molecule has 6 heteroatoms. The Bertz CT molecular complexity index is 1360. The number of nitrogens with zero attached hydrogens (tertiary/aromatic N) is 4. The maximum atomic E-state index is 6.59. The first kappa shape index (κ1) is 19.3. The molecular formula is C25H19ClN4O. The molecule has 3 heterocycles. The van der Waals surface area contributed by atoms with Gasteiger partial charge in [-0.1, -0.05) is 48.6 Å². The van der Waals surface area contributed by atoms with E-state index in [1.165, 1.54) is 6.39 Å². The number of aromatic nitrogens is 3. The zero-order chi connectivity index (χ0) is 21.4. The molecule has 2 aromatic heterocycles. The predicted molar refractivity (Wildman–Crippen MR) is 122 cm³/mol. The van der Waals surface area contributed by atoms with Gasteiger partial charge in [-0.2, -0.15) is 0 Å². The van der Waals surface area contributed by atoms with Gasteiger partial charge in [-0.05, 0) is 31.2 Å². The highest BCUT2D eigenvalue weighted by atomic mass is 35.5. The fourth-order valence-electron chi connectivity index (χ4n) is 3.87. The summed E-state index contributed by atoms with van der Waals surface area (Å²) in [5.41, 5.74) is 6.26. The van der Waals surface area contributed by atoms with Gasteiger partial charge in [0.2, 0.25) is 0 Å². The third-order valence-corrected chi connectivity index (χ3v) is 5.57. The van der Waals surface area contributed by atoms with E-state index in [-0.39, 0.29) is 6.04 Å². The van der Waals surface area contributed by atoms with Crippen LogP contribution in [-0.4, -0.2) is 20.2 Å². The number of hydrogen-bond donors (Lipinski definition) is 0. The highest BCUT2D eigenvalue weighted by molar-refractivity contribution is 6.35. The number of oxazole rings is 1. The normalized spacial score (nSPS) is 14.7. The highest BCUT2D eigenvalue weighted by Crippen LogP contribution is 2.37. The maximum absolute atomic E-state index is 6.59. The second kappa shape index (κ2) is 7.90. The Morgan fingerprint density at radius 2 is 2.03 bits per heavy atom. The van der Waals surface area contributed by atoms with Crippen LogP contribution in [0.4, 0.5) is 0 Å². The minimum atomic E-state index is -0.188. The van der Waals surface area contributed by atoms with E-state index in [9.17, 15) is 0 Å². The molecule has 0 amide bonds. The summed E-state index contributed by atoms with van der Waals surface area (Å²) in [5, 5.41) is 0.657. The first-order valence-electron chi connectivity index (χ1n) is 10.1. The zero-order valence-corrected chi connectivity index (χ0v) is 17.9. The minimum absolute atomic E-state index is 0.188. The number of fused-ring (bicyclic) bond motifs is 3. The summed E-state index contributed by atoms with van der Waals surface area (Å²) in [4.78, 5) is 13.8. The Morgan fingerprint density at radius 1 is 1.16 bits per heavy atom. The molecule has 152 valence electrons. The van der Waals surface area contributed by atoms with Crippen LogP contribution in [0, 0.1) is 11.8 Å². The first-order chi connectivity index (χ1) is 15.2. The SMILES string of the molecule is CCC#Cc1ccc2c(c1)C(c1ccccc1Cl)=N[C@@H](C)c1c(-c3cnco3)ncn1-2. The molecule has 2 aromatic carbocycles. The van der Waals surface area contributed by atoms with Crippen LogP contribution in [0.1, 0.15) is 48.7 Å². The quantitative estimate of drug-likeness (QED) is 0.377. The average Bonchev–Trinajstić information content (AvgIpc) is 3.44. The van der Waals surface area contributed by atoms with Crippen molar-refractivity contribution in [2.45, 2.75) is 26.3 Å². The molecule has 0 fully saturated rings. The highest BCUT2D eigenvalue weighted by Gasteiger charge is 2.28. The molecule has 0 saturated carbocycles. The smallest absolute Gasteiger partial charge is 0.181 e. The Morgan fingerprint density at radius 3 is 2.81 bits per heavy atom. The number of halogens is 1. The van der Waals surface area contributed by atoms with Crippen LogP contribution in [0.15, 0.2) is 70.8 Å². The molecule has 0 bridgehead atoms. The van der Waals surface area contributed by atoms with Gasteiger partial charge in [0.1, 0.15) is 12.0 Å². The molecule has 1 aliphatic rings. The summed E-state index contributed by atoms with van der Waals surface area (Å²) in [7, 11) is 0. The van der Waals surface area contributed by atoms with E-state index < -0.39 is 0 Å². The van der Waals surface area contributed by atoms with Crippen molar-refractivity contribution in [3.63, 3.8) is 0 Å². The molecule has 0 spiro atoms. The molecule has 1 atom stereocenters. The van der Waals surface area contributed by atoms with Crippen molar-refractivity contribution in [2.24, 2.45) is 4.99 Å². The Labute approximate surface area is 185 Å². The molecule has 0 radical (unpaired) electrons. The van der Waals surface area contributed by atoms with E-state index >= 15 is 0 Å². The van der Waals surface area contributed by atoms with Gasteiger partial charge < -0.3 is 4.42 Å². The van der Waals surface area contributed by atoms with Gasteiger partial charge in [-0.3, -0.25) is 9.56 Å². The number of rotatable bonds is 2. The summed E-state index contributed by atoms with van der Waals surface area (Å²) in [6.07, 6.45) is 5.69. The standard InChI is InChI=1S/C25H19ClN4O/c1-3-4-7-17-10-11-21-19(12-17)23(18-8-5-6-9-20(18)26)29-16(2)25-24(28-14-30(21)25)22-13-27-15-31-22/h5-6,8-16H,3H2,1-2H3/t16-/m0/s1. The average molecular weight is 427 g/mol. The molecule has 31 heavy (non-hydrogen) atoms. The van der Waals surface area contributed by atoms with E-state index in [4.69, 9.17) is 21.0 Å². The third kappa shape index (κ3) is 3.35. The maximum Gasteiger partial charge on any atom is 0.181 e. The summed E-state index contributed by atoms with van der Waals surface area (Å²) >= 11 is 6.59. The summed E-state index contributed by atoms with van der Waals surface area (Å²) in [5.74, 6) is 6.99. The molecule has 5 nitrogen and oxygen atoms in total. The summed E-state index contributed by atoms with van der Waals surface area (Å²) < 4.78 is 7.61. The Kier molecular flexibility index (Phi) is 4.93. The van der Waals surface area contributed by atoms with E-state index in [0.717, 1.165) is 45.9 Å². The zero-order valence-electron chi connectivity index (χ0n) is 17.1. The molecule has 0 N–H and O–H groups in total. The lowest BCUT2D eigenvalue weighted by molar-refractivity contribution is 0.568. The van der Waals surface area contributed by atoms with Crippen molar-refractivity contribution in [3.8, 4) is 29.0 Å². The van der Waals surface area contributed by atoms with E-state index in [2.05, 4.69) is 38.5 Å².